The second-order valence-electron chi connectivity index (χ2n) is 5.50. The molecule has 120 valence electrons. The number of aromatic amines is 1. The van der Waals surface area contributed by atoms with Gasteiger partial charge in [0.1, 0.15) is 0 Å². The van der Waals surface area contributed by atoms with Gasteiger partial charge in [-0.05, 0) is 26.0 Å². The van der Waals surface area contributed by atoms with Gasteiger partial charge in [-0.3, -0.25) is 5.10 Å². The number of hydrogen-bond acceptors (Lipinski definition) is 5. The molecule has 0 saturated heterocycles. The van der Waals surface area contributed by atoms with Crippen molar-refractivity contribution in [2.24, 2.45) is 0 Å². The average molecular weight is 336 g/mol. The van der Waals surface area contributed by atoms with E-state index >= 15 is 0 Å². The molecule has 1 unspecified atom stereocenters. The molecule has 1 N–H and O–H groups in total. The number of pyridine rings is 1. The highest BCUT2D eigenvalue weighted by atomic mass is 32.2. The maximum absolute atomic E-state index is 4.60. The number of thioether (sulfide) groups is 1. The summed E-state index contributed by atoms with van der Waals surface area (Å²) in [7, 11) is 0. The minimum Gasteiger partial charge on any atom is -0.258 e. The van der Waals surface area contributed by atoms with Crippen molar-refractivity contribution in [3.05, 3.63) is 60.0 Å². The number of nitrogens with zero attached hydrogens (tertiary/aromatic N) is 5. The quantitative estimate of drug-likeness (QED) is 0.576. The second-order valence-corrected chi connectivity index (χ2v) is 6.81. The number of aryl methyl sites for hydroxylation is 1. The summed E-state index contributed by atoms with van der Waals surface area (Å²) in [5, 5.41) is 12.6. The fourth-order valence-corrected chi connectivity index (χ4v) is 3.22. The summed E-state index contributed by atoms with van der Waals surface area (Å²) in [6.45, 7) is 4.08. The van der Waals surface area contributed by atoms with Crippen LogP contribution in [-0.2, 0) is 0 Å². The Balaban J connectivity index is 1.56. The van der Waals surface area contributed by atoms with Crippen molar-refractivity contribution in [1.29, 1.82) is 0 Å². The van der Waals surface area contributed by atoms with E-state index < -0.39 is 0 Å². The zero-order chi connectivity index (χ0) is 16.5. The van der Waals surface area contributed by atoms with Crippen LogP contribution < -0.4 is 0 Å². The maximum atomic E-state index is 4.60. The van der Waals surface area contributed by atoms with Crippen molar-refractivity contribution >= 4 is 17.4 Å². The Labute approximate surface area is 143 Å². The largest absolute Gasteiger partial charge is 0.258 e. The van der Waals surface area contributed by atoms with Crippen molar-refractivity contribution in [1.82, 2.24) is 29.8 Å². The van der Waals surface area contributed by atoms with E-state index in [0.29, 0.717) is 5.16 Å². The topological polar surface area (TPSA) is 71.8 Å². The Kier molecular flexibility index (Phi) is 3.78. The number of nitrogens with one attached hydrogen (secondary N) is 1. The van der Waals surface area contributed by atoms with Gasteiger partial charge in [-0.25, -0.2) is 14.5 Å². The standard InChI is InChI=1S/C17H16N6S/c1-11-7-6-10-14-18-15(22-23(11)14)12(2)24-17-19-16(20-21-17)13-8-4-3-5-9-13/h3-10,12H,1-2H3,(H,19,20,21). The number of aromatic nitrogens is 6. The van der Waals surface area contributed by atoms with Crippen molar-refractivity contribution < 1.29 is 0 Å². The molecule has 4 aromatic rings. The predicted octanol–water partition coefficient (Wildman–Crippen LogP) is 3.68. The number of rotatable bonds is 4. The molecule has 0 bridgehead atoms. The Bertz CT molecular complexity index is 975. The zero-order valence-corrected chi connectivity index (χ0v) is 14.2. The molecule has 0 aliphatic carbocycles. The first-order valence-corrected chi connectivity index (χ1v) is 8.55. The van der Waals surface area contributed by atoms with Gasteiger partial charge in [-0.15, -0.1) is 10.2 Å². The summed E-state index contributed by atoms with van der Waals surface area (Å²) in [6, 6.07) is 15.9. The minimum atomic E-state index is 0.0590. The van der Waals surface area contributed by atoms with Gasteiger partial charge in [-0.2, -0.15) is 0 Å². The highest BCUT2D eigenvalue weighted by molar-refractivity contribution is 7.99. The lowest BCUT2D eigenvalue weighted by atomic mass is 10.2. The summed E-state index contributed by atoms with van der Waals surface area (Å²) in [4.78, 5) is 9.15. The lowest BCUT2D eigenvalue weighted by Gasteiger charge is -2.02. The Morgan fingerprint density at radius 2 is 1.88 bits per heavy atom. The zero-order valence-electron chi connectivity index (χ0n) is 13.3. The van der Waals surface area contributed by atoms with Gasteiger partial charge in [0, 0.05) is 11.3 Å². The van der Waals surface area contributed by atoms with E-state index in [1.54, 1.807) is 11.8 Å². The van der Waals surface area contributed by atoms with Gasteiger partial charge in [0.15, 0.2) is 17.3 Å². The Morgan fingerprint density at radius 3 is 2.67 bits per heavy atom. The predicted molar refractivity (Wildman–Crippen MR) is 93.8 cm³/mol. The molecule has 0 saturated carbocycles. The Hall–Kier alpha value is -2.67. The van der Waals surface area contributed by atoms with Crippen LogP contribution >= 0.6 is 11.8 Å². The molecule has 1 atom stereocenters. The van der Waals surface area contributed by atoms with Crippen LogP contribution in [0.4, 0.5) is 0 Å². The first-order valence-electron chi connectivity index (χ1n) is 7.67. The summed E-state index contributed by atoms with van der Waals surface area (Å²) in [5.41, 5.74) is 2.94. The summed E-state index contributed by atoms with van der Waals surface area (Å²) >= 11 is 1.54. The average Bonchev–Trinajstić information content (AvgIpc) is 3.23. The molecule has 1 aromatic carbocycles. The van der Waals surface area contributed by atoms with Crippen LogP contribution in [0.3, 0.4) is 0 Å². The van der Waals surface area contributed by atoms with E-state index in [-0.39, 0.29) is 5.25 Å². The van der Waals surface area contributed by atoms with Gasteiger partial charge in [0.25, 0.3) is 0 Å². The van der Waals surface area contributed by atoms with E-state index in [4.69, 9.17) is 0 Å². The van der Waals surface area contributed by atoms with Crippen molar-refractivity contribution in [2.75, 3.05) is 0 Å². The van der Waals surface area contributed by atoms with Crippen LogP contribution in [0.1, 0.15) is 23.7 Å². The van der Waals surface area contributed by atoms with Crippen LogP contribution in [0.5, 0.6) is 0 Å². The third-order valence-electron chi connectivity index (χ3n) is 3.72. The smallest absolute Gasteiger partial charge is 0.209 e. The van der Waals surface area contributed by atoms with Gasteiger partial charge < -0.3 is 0 Å². The third-order valence-corrected chi connectivity index (χ3v) is 4.68. The second kappa shape index (κ2) is 6.09. The van der Waals surface area contributed by atoms with E-state index in [1.165, 1.54) is 0 Å². The van der Waals surface area contributed by atoms with Crippen LogP contribution in [0.2, 0.25) is 0 Å². The van der Waals surface area contributed by atoms with Gasteiger partial charge in [-0.1, -0.05) is 48.2 Å². The molecule has 4 rings (SSSR count). The van der Waals surface area contributed by atoms with Gasteiger partial charge in [0.05, 0.1) is 5.25 Å². The third kappa shape index (κ3) is 2.78. The normalized spacial score (nSPS) is 12.6. The highest BCUT2D eigenvalue weighted by Gasteiger charge is 2.17. The molecule has 0 amide bonds. The summed E-state index contributed by atoms with van der Waals surface area (Å²) in [6.07, 6.45) is 0. The van der Waals surface area contributed by atoms with Crippen molar-refractivity contribution in [2.45, 2.75) is 24.3 Å². The number of hydrogen-bond donors (Lipinski definition) is 1. The highest BCUT2D eigenvalue weighted by Crippen LogP contribution is 2.32. The lowest BCUT2D eigenvalue weighted by Crippen LogP contribution is -1.95. The molecule has 0 aliphatic rings. The fourth-order valence-electron chi connectivity index (χ4n) is 2.46. The van der Waals surface area contributed by atoms with Crippen LogP contribution in [0, 0.1) is 6.92 Å². The molecule has 0 aliphatic heterocycles. The Morgan fingerprint density at radius 1 is 1.04 bits per heavy atom. The minimum absolute atomic E-state index is 0.0590. The monoisotopic (exact) mass is 336 g/mol. The molecule has 0 spiro atoms. The van der Waals surface area contributed by atoms with E-state index in [2.05, 4.69) is 32.2 Å². The molecular weight excluding hydrogens is 320 g/mol. The van der Waals surface area contributed by atoms with Crippen LogP contribution in [0.25, 0.3) is 17.0 Å². The fraction of sp³-hybridized carbons (Fsp3) is 0.176. The van der Waals surface area contributed by atoms with Gasteiger partial charge >= 0.3 is 0 Å². The molecule has 3 heterocycles. The van der Waals surface area contributed by atoms with Crippen LogP contribution in [0.15, 0.2) is 53.7 Å². The summed E-state index contributed by atoms with van der Waals surface area (Å²) < 4.78 is 1.86. The first kappa shape index (κ1) is 14.9. The number of H-pyrrole nitrogens is 1. The van der Waals surface area contributed by atoms with Crippen molar-refractivity contribution in [3.63, 3.8) is 0 Å². The molecule has 0 radical (unpaired) electrons. The number of fused-ring (bicyclic) bond motifs is 1. The molecule has 3 aromatic heterocycles. The molecule has 7 heteroatoms. The first-order chi connectivity index (χ1) is 11.7. The van der Waals surface area contributed by atoms with E-state index in [0.717, 1.165) is 28.6 Å². The molecular formula is C17H16N6S. The van der Waals surface area contributed by atoms with Crippen molar-refractivity contribution in [3.8, 4) is 11.4 Å². The number of benzene rings is 1. The van der Waals surface area contributed by atoms with E-state index in [9.17, 15) is 0 Å². The van der Waals surface area contributed by atoms with Gasteiger partial charge in [0.2, 0.25) is 5.16 Å². The molecule has 0 fully saturated rings. The maximum Gasteiger partial charge on any atom is 0.209 e. The summed E-state index contributed by atoms with van der Waals surface area (Å²) in [5.74, 6) is 1.55. The lowest BCUT2D eigenvalue weighted by molar-refractivity contribution is 0.847. The van der Waals surface area contributed by atoms with E-state index in [1.807, 2.05) is 60.0 Å². The molecule has 6 nitrogen and oxygen atoms in total. The SMILES string of the molecule is Cc1cccc2nc(C(C)Sc3n[nH]c(-c4ccccc4)n3)nn12. The van der Waals surface area contributed by atoms with Crippen LogP contribution in [-0.4, -0.2) is 29.8 Å². The molecule has 24 heavy (non-hydrogen) atoms.